The van der Waals surface area contributed by atoms with E-state index in [0.29, 0.717) is 6.42 Å². The van der Waals surface area contributed by atoms with Crippen LogP contribution in [0.5, 0.6) is 0 Å². The van der Waals surface area contributed by atoms with Crippen molar-refractivity contribution < 1.29 is 22.8 Å². The van der Waals surface area contributed by atoms with Gasteiger partial charge in [-0.1, -0.05) is 0 Å². The first kappa shape index (κ1) is 13.3. The zero-order valence-corrected chi connectivity index (χ0v) is 9.60. The van der Waals surface area contributed by atoms with Crippen LogP contribution in [0.25, 0.3) is 0 Å². The van der Waals surface area contributed by atoms with Crippen LogP contribution in [0.15, 0.2) is 0 Å². The fourth-order valence-electron chi connectivity index (χ4n) is 2.01. The SMILES string of the molecule is CC1CCCC(C)(C)N1OC(=O)C(F)(F)F. The Balaban J connectivity index is 2.74. The third kappa shape index (κ3) is 2.87. The minimum absolute atomic E-state index is 0.185. The number of halogens is 3. The highest BCUT2D eigenvalue weighted by Crippen LogP contribution is 2.32. The van der Waals surface area contributed by atoms with Crippen molar-refractivity contribution in [1.29, 1.82) is 0 Å². The molecule has 0 saturated carbocycles. The molecule has 1 atom stereocenters. The van der Waals surface area contributed by atoms with Crippen LogP contribution < -0.4 is 0 Å². The normalized spacial score (nSPS) is 26.5. The second kappa shape index (κ2) is 4.24. The van der Waals surface area contributed by atoms with Crippen molar-refractivity contribution in [2.75, 3.05) is 0 Å². The molecule has 0 N–H and O–H groups in total. The molecule has 3 nitrogen and oxygen atoms in total. The van der Waals surface area contributed by atoms with E-state index in [0.717, 1.165) is 12.8 Å². The van der Waals surface area contributed by atoms with Crippen molar-refractivity contribution in [3.8, 4) is 0 Å². The number of rotatable bonds is 1. The summed E-state index contributed by atoms with van der Waals surface area (Å²) in [5, 5.41) is 1.17. The largest absolute Gasteiger partial charge is 0.492 e. The molecule has 0 radical (unpaired) electrons. The van der Waals surface area contributed by atoms with Crippen molar-refractivity contribution in [3.63, 3.8) is 0 Å². The average Bonchev–Trinajstić information content (AvgIpc) is 2.09. The molecule has 16 heavy (non-hydrogen) atoms. The predicted octanol–water partition coefficient (Wildman–Crippen LogP) is 2.66. The molecular formula is C10H16F3NO2. The summed E-state index contributed by atoms with van der Waals surface area (Å²) in [5.74, 6) is -2.14. The standard InChI is InChI=1S/C10H16F3NO2/c1-7-5-4-6-9(2,3)14(7)16-8(15)10(11,12)13/h7H,4-6H2,1-3H3. The molecular weight excluding hydrogens is 223 g/mol. The Labute approximate surface area is 92.5 Å². The van der Waals surface area contributed by atoms with Gasteiger partial charge in [-0.25, -0.2) is 4.79 Å². The molecule has 1 unspecified atom stereocenters. The first-order valence-electron chi connectivity index (χ1n) is 5.23. The minimum Gasteiger partial charge on any atom is -0.360 e. The summed E-state index contributed by atoms with van der Waals surface area (Å²) in [7, 11) is 0. The molecule has 6 heteroatoms. The summed E-state index contributed by atoms with van der Waals surface area (Å²) >= 11 is 0. The van der Waals surface area contributed by atoms with Crippen LogP contribution in [0.3, 0.4) is 0 Å². The van der Waals surface area contributed by atoms with Gasteiger partial charge < -0.3 is 4.84 Å². The molecule has 0 bridgehead atoms. The smallest absolute Gasteiger partial charge is 0.360 e. The molecule has 1 heterocycles. The summed E-state index contributed by atoms with van der Waals surface area (Å²) in [6.07, 6.45) is -2.57. The molecule has 94 valence electrons. The lowest BCUT2D eigenvalue weighted by atomic mass is 9.89. The maximum atomic E-state index is 12.1. The van der Waals surface area contributed by atoms with Gasteiger partial charge in [0, 0.05) is 6.04 Å². The summed E-state index contributed by atoms with van der Waals surface area (Å²) in [4.78, 5) is 15.2. The molecule has 1 saturated heterocycles. The van der Waals surface area contributed by atoms with Gasteiger partial charge in [-0.2, -0.15) is 13.2 Å². The zero-order valence-electron chi connectivity index (χ0n) is 9.60. The van der Waals surface area contributed by atoms with E-state index in [9.17, 15) is 18.0 Å². The first-order valence-corrected chi connectivity index (χ1v) is 5.23. The van der Waals surface area contributed by atoms with Gasteiger partial charge >= 0.3 is 12.1 Å². The molecule has 0 aliphatic carbocycles. The van der Waals surface area contributed by atoms with Crippen LogP contribution in [0, 0.1) is 0 Å². The van der Waals surface area contributed by atoms with Gasteiger partial charge in [-0.3, -0.25) is 0 Å². The molecule has 1 aliphatic rings. The van der Waals surface area contributed by atoms with E-state index in [1.54, 1.807) is 20.8 Å². The second-order valence-corrected chi connectivity index (χ2v) is 4.76. The van der Waals surface area contributed by atoms with Gasteiger partial charge in [0.2, 0.25) is 0 Å². The van der Waals surface area contributed by atoms with Crippen molar-refractivity contribution in [2.45, 2.75) is 57.8 Å². The van der Waals surface area contributed by atoms with E-state index in [1.165, 1.54) is 5.06 Å². The van der Waals surface area contributed by atoms with Crippen LogP contribution in [-0.2, 0) is 9.63 Å². The van der Waals surface area contributed by atoms with Crippen LogP contribution in [0.2, 0.25) is 0 Å². The highest BCUT2D eigenvalue weighted by molar-refractivity contribution is 5.75. The highest BCUT2D eigenvalue weighted by atomic mass is 19.4. The Bertz CT molecular complexity index is 276. The summed E-state index contributed by atoms with van der Waals surface area (Å²) in [6, 6.07) is -0.185. The topological polar surface area (TPSA) is 29.5 Å². The third-order valence-corrected chi connectivity index (χ3v) is 2.82. The lowest BCUT2D eigenvalue weighted by Crippen LogP contribution is -2.53. The lowest BCUT2D eigenvalue weighted by Gasteiger charge is -2.44. The molecule has 0 spiro atoms. The number of hydrogen-bond acceptors (Lipinski definition) is 3. The van der Waals surface area contributed by atoms with Crippen molar-refractivity contribution >= 4 is 5.97 Å². The van der Waals surface area contributed by atoms with E-state index in [2.05, 4.69) is 4.84 Å². The van der Waals surface area contributed by atoms with E-state index >= 15 is 0 Å². The first-order chi connectivity index (χ1) is 7.14. The van der Waals surface area contributed by atoms with Crippen molar-refractivity contribution in [2.24, 2.45) is 0 Å². The van der Waals surface area contributed by atoms with Crippen molar-refractivity contribution in [1.82, 2.24) is 5.06 Å². The number of carbonyl (C=O) groups is 1. The van der Waals surface area contributed by atoms with E-state index < -0.39 is 17.7 Å². The van der Waals surface area contributed by atoms with Crippen LogP contribution in [-0.4, -0.2) is 28.8 Å². The highest BCUT2D eigenvalue weighted by Gasteiger charge is 2.46. The maximum absolute atomic E-state index is 12.1. The summed E-state index contributed by atoms with van der Waals surface area (Å²) < 4.78 is 36.2. The molecule has 0 amide bonds. The predicted molar refractivity (Wildman–Crippen MR) is 51.4 cm³/mol. The van der Waals surface area contributed by atoms with Gasteiger partial charge in [-0.15, -0.1) is 5.06 Å². The lowest BCUT2D eigenvalue weighted by molar-refractivity contribution is -0.273. The fraction of sp³-hybridized carbons (Fsp3) is 0.900. The molecule has 1 aliphatic heterocycles. The van der Waals surface area contributed by atoms with Crippen molar-refractivity contribution in [3.05, 3.63) is 0 Å². The Kier molecular flexibility index (Phi) is 3.52. The van der Waals surface area contributed by atoms with E-state index in [4.69, 9.17) is 0 Å². The Morgan fingerprint density at radius 3 is 2.44 bits per heavy atom. The average molecular weight is 239 g/mol. The maximum Gasteiger partial charge on any atom is 0.492 e. The van der Waals surface area contributed by atoms with Crippen LogP contribution in [0.1, 0.15) is 40.0 Å². The number of carbonyl (C=O) groups excluding carboxylic acids is 1. The number of alkyl halides is 3. The molecule has 1 fully saturated rings. The second-order valence-electron chi connectivity index (χ2n) is 4.76. The van der Waals surface area contributed by atoms with E-state index in [1.807, 2.05) is 0 Å². The van der Waals surface area contributed by atoms with Gasteiger partial charge in [0.15, 0.2) is 0 Å². The number of piperidine rings is 1. The van der Waals surface area contributed by atoms with Gasteiger partial charge in [0.1, 0.15) is 0 Å². The van der Waals surface area contributed by atoms with E-state index in [-0.39, 0.29) is 6.04 Å². The van der Waals surface area contributed by atoms with Crippen LogP contribution >= 0.6 is 0 Å². The Morgan fingerprint density at radius 1 is 1.44 bits per heavy atom. The minimum atomic E-state index is -4.94. The molecule has 0 aromatic heterocycles. The molecule has 0 aromatic carbocycles. The number of hydroxylamine groups is 2. The molecule has 0 aromatic rings. The Morgan fingerprint density at radius 2 is 2.00 bits per heavy atom. The van der Waals surface area contributed by atoms with Gasteiger partial charge in [0.05, 0.1) is 5.54 Å². The number of nitrogens with zero attached hydrogens (tertiary/aromatic N) is 1. The quantitative estimate of drug-likeness (QED) is 0.704. The molecule has 1 rings (SSSR count). The van der Waals surface area contributed by atoms with Crippen LogP contribution in [0.4, 0.5) is 13.2 Å². The summed E-state index contributed by atoms with van der Waals surface area (Å²) in [5.41, 5.74) is -0.543. The fourth-order valence-corrected chi connectivity index (χ4v) is 2.01. The third-order valence-electron chi connectivity index (χ3n) is 2.82. The summed E-state index contributed by atoms with van der Waals surface area (Å²) in [6.45, 7) is 5.29. The number of hydrogen-bond donors (Lipinski definition) is 0. The Hall–Kier alpha value is -0.780. The van der Waals surface area contributed by atoms with Gasteiger partial charge in [-0.05, 0) is 40.0 Å². The monoisotopic (exact) mass is 239 g/mol. The van der Waals surface area contributed by atoms with Gasteiger partial charge in [0.25, 0.3) is 0 Å². The zero-order chi connectivity index (χ0) is 12.6.